The Bertz CT molecular complexity index is 543. The Hall–Kier alpha value is -1.19. The van der Waals surface area contributed by atoms with E-state index in [0.717, 1.165) is 24.0 Å². The van der Waals surface area contributed by atoms with Crippen LogP contribution in [0.5, 0.6) is 0 Å². The molecule has 100 valence electrons. The average molecular weight is 272 g/mol. The monoisotopic (exact) mass is 272 g/mol. The van der Waals surface area contributed by atoms with Crippen LogP contribution in [0.2, 0.25) is 0 Å². The van der Waals surface area contributed by atoms with Crippen molar-refractivity contribution in [2.75, 3.05) is 6.54 Å². The fraction of sp³-hybridized carbons (Fsp3) is 0.438. The van der Waals surface area contributed by atoms with Crippen LogP contribution in [0.15, 0.2) is 30.5 Å². The van der Waals surface area contributed by atoms with Gasteiger partial charge in [0.2, 0.25) is 0 Å². The van der Waals surface area contributed by atoms with Crippen LogP contribution in [0.25, 0.3) is 10.6 Å². The van der Waals surface area contributed by atoms with Gasteiger partial charge in [-0.1, -0.05) is 25.1 Å². The summed E-state index contributed by atoms with van der Waals surface area (Å²) < 4.78 is 0. The Balaban J connectivity index is 1.72. The molecule has 0 bridgehead atoms. The number of hydrogen-bond donors (Lipinski definition) is 1. The molecule has 3 heteroatoms. The SMILES string of the molecule is CCCNCc1cnc(-c2cccc(C3CC3)c2)s1. The van der Waals surface area contributed by atoms with Gasteiger partial charge in [0.1, 0.15) is 5.01 Å². The first kappa shape index (κ1) is 12.8. The lowest BCUT2D eigenvalue weighted by Crippen LogP contribution is -2.12. The van der Waals surface area contributed by atoms with E-state index in [9.17, 15) is 0 Å². The van der Waals surface area contributed by atoms with Crippen molar-refractivity contribution in [2.24, 2.45) is 0 Å². The van der Waals surface area contributed by atoms with Gasteiger partial charge in [-0.15, -0.1) is 11.3 Å². The molecule has 3 rings (SSSR count). The second-order valence-electron chi connectivity index (χ2n) is 5.21. The summed E-state index contributed by atoms with van der Waals surface area (Å²) in [5.74, 6) is 0.811. The zero-order valence-electron chi connectivity index (χ0n) is 11.4. The first-order valence-electron chi connectivity index (χ1n) is 7.12. The summed E-state index contributed by atoms with van der Waals surface area (Å²) in [6, 6.07) is 8.91. The zero-order valence-corrected chi connectivity index (χ0v) is 12.2. The standard InChI is InChI=1S/C16H20N2S/c1-2-8-17-10-15-11-18-16(19-15)14-5-3-4-13(9-14)12-6-7-12/h3-5,9,11-12,17H,2,6-8,10H2,1H3. The van der Waals surface area contributed by atoms with Gasteiger partial charge >= 0.3 is 0 Å². The van der Waals surface area contributed by atoms with Crippen LogP contribution in [-0.4, -0.2) is 11.5 Å². The lowest BCUT2D eigenvalue weighted by atomic mass is 10.1. The lowest BCUT2D eigenvalue weighted by Gasteiger charge is -2.01. The van der Waals surface area contributed by atoms with Gasteiger partial charge in [0, 0.05) is 23.2 Å². The Kier molecular flexibility index (Phi) is 3.95. The molecule has 19 heavy (non-hydrogen) atoms. The minimum Gasteiger partial charge on any atom is -0.312 e. The fourth-order valence-corrected chi connectivity index (χ4v) is 3.13. The summed E-state index contributed by atoms with van der Waals surface area (Å²) in [7, 11) is 0. The smallest absolute Gasteiger partial charge is 0.123 e. The minimum absolute atomic E-state index is 0.811. The van der Waals surface area contributed by atoms with Crippen LogP contribution in [0.1, 0.15) is 42.5 Å². The van der Waals surface area contributed by atoms with Crippen molar-refractivity contribution in [1.82, 2.24) is 10.3 Å². The second kappa shape index (κ2) is 5.85. The third-order valence-corrected chi connectivity index (χ3v) is 4.51. The molecule has 1 fully saturated rings. The summed E-state index contributed by atoms with van der Waals surface area (Å²) in [5.41, 5.74) is 2.76. The summed E-state index contributed by atoms with van der Waals surface area (Å²) in [4.78, 5) is 5.88. The maximum absolute atomic E-state index is 4.56. The molecule has 1 saturated carbocycles. The molecule has 0 atom stereocenters. The first-order valence-corrected chi connectivity index (χ1v) is 7.94. The van der Waals surface area contributed by atoms with Crippen molar-refractivity contribution < 1.29 is 0 Å². The predicted molar refractivity (Wildman–Crippen MR) is 81.5 cm³/mol. The van der Waals surface area contributed by atoms with E-state index in [1.807, 2.05) is 6.20 Å². The second-order valence-corrected chi connectivity index (χ2v) is 6.32. The molecule has 1 aromatic carbocycles. The van der Waals surface area contributed by atoms with E-state index in [2.05, 4.69) is 41.5 Å². The number of benzene rings is 1. The normalized spacial score (nSPS) is 14.8. The van der Waals surface area contributed by atoms with Crippen LogP contribution < -0.4 is 5.32 Å². The Morgan fingerprint density at radius 2 is 2.26 bits per heavy atom. The van der Waals surface area contributed by atoms with Crippen molar-refractivity contribution >= 4 is 11.3 Å². The average Bonchev–Trinajstić information content (AvgIpc) is 3.19. The van der Waals surface area contributed by atoms with Crippen LogP contribution in [0.3, 0.4) is 0 Å². The third-order valence-electron chi connectivity index (χ3n) is 3.46. The summed E-state index contributed by atoms with van der Waals surface area (Å²) in [6.07, 6.45) is 5.89. The maximum atomic E-state index is 4.56. The molecule has 0 aliphatic heterocycles. The van der Waals surface area contributed by atoms with Crippen molar-refractivity contribution in [3.05, 3.63) is 40.9 Å². The van der Waals surface area contributed by atoms with E-state index in [4.69, 9.17) is 0 Å². The molecule has 0 unspecified atom stereocenters. The van der Waals surface area contributed by atoms with E-state index < -0.39 is 0 Å². The largest absolute Gasteiger partial charge is 0.312 e. The van der Waals surface area contributed by atoms with Crippen molar-refractivity contribution in [1.29, 1.82) is 0 Å². The minimum atomic E-state index is 0.811. The summed E-state index contributed by atoms with van der Waals surface area (Å²) >= 11 is 1.80. The predicted octanol–water partition coefficient (Wildman–Crippen LogP) is 4.19. The first-order chi connectivity index (χ1) is 9.36. The zero-order chi connectivity index (χ0) is 13.1. The number of thiazole rings is 1. The van der Waals surface area contributed by atoms with E-state index in [1.54, 1.807) is 11.3 Å². The number of hydrogen-bond acceptors (Lipinski definition) is 3. The molecule has 0 amide bonds. The van der Waals surface area contributed by atoms with Gasteiger partial charge in [-0.25, -0.2) is 4.98 Å². The van der Waals surface area contributed by atoms with Crippen molar-refractivity contribution in [2.45, 2.75) is 38.6 Å². The molecular formula is C16H20N2S. The topological polar surface area (TPSA) is 24.9 Å². The molecule has 0 radical (unpaired) electrons. The fourth-order valence-electron chi connectivity index (χ4n) is 2.25. The molecule has 1 aliphatic carbocycles. The van der Waals surface area contributed by atoms with Crippen molar-refractivity contribution in [3.8, 4) is 10.6 Å². The Morgan fingerprint density at radius 1 is 1.37 bits per heavy atom. The van der Waals surface area contributed by atoms with Crippen LogP contribution in [-0.2, 0) is 6.54 Å². The van der Waals surface area contributed by atoms with Gasteiger partial charge in [-0.3, -0.25) is 0 Å². The van der Waals surface area contributed by atoms with Gasteiger partial charge < -0.3 is 5.32 Å². The molecule has 1 aliphatic rings. The van der Waals surface area contributed by atoms with Gasteiger partial charge in [0.05, 0.1) is 0 Å². The molecular weight excluding hydrogens is 252 g/mol. The molecule has 2 aromatic rings. The Labute approximate surface area is 118 Å². The highest BCUT2D eigenvalue weighted by molar-refractivity contribution is 7.15. The summed E-state index contributed by atoms with van der Waals surface area (Å²) in [5, 5.41) is 4.58. The highest BCUT2D eigenvalue weighted by Gasteiger charge is 2.23. The molecule has 0 saturated heterocycles. The van der Waals surface area contributed by atoms with Crippen LogP contribution >= 0.6 is 11.3 Å². The molecule has 0 spiro atoms. The maximum Gasteiger partial charge on any atom is 0.123 e. The molecule has 2 nitrogen and oxygen atoms in total. The highest BCUT2D eigenvalue weighted by atomic mass is 32.1. The van der Waals surface area contributed by atoms with Crippen LogP contribution in [0.4, 0.5) is 0 Å². The molecule has 1 heterocycles. The molecule has 1 aromatic heterocycles. The third kappa shape index (κ3) is 3.23. The summed E-state index contributed by atoms with van der Waals surface area (Å²) in [6.45, 7) is 4.20. The molecule has 1 N–H and O–H groups in total. The quantitative estimate of drug-likeness (QED) is 0.798. The van der Waals surface area contributed by atoms with E-state index in [-0.39, 0.29) is 0 Å². The van der Waals surface area contributed by atoms with E-state index in [1.165, 1.54) is 35.3 Å². The van der Waals surface area contributed by atoms with E-state index in [0.29, 0.717) is 0 Å². The van der Waals surface area contributed by atoms with Crippen LogP contribution in [0, 0.1) is 0 Å². The van der Waals surface area contributed by atoms with Gasteiger partial charge in [-0.05, 0) is 43.4 Å². The lowest BCUT2D eigenvalue weighted by molar-refractivity contribution is 0.681. The van der Waals surface area contributed by atoms with Crippen molar-refractivity contribution in [3.63, 3.8) is 0 Å². The Morgan fingerprint density at radius 3 is 3.05 bits per heavy atom. The number of rotatable bonds is 6. The van der Waals surface area contributed by atoms with Gasteiger partial charge in [0.25, 0.3) is 0 Å². The number of nitrogens with one attached hydrogen (secondary N) is 1. The number of aromatic nitrogens is 1. The van der Waals surface area contributed by atoms with E-state index >= 15 is 0 Å². The highest BCUT2D eigenvalue weighted by Crippen LogP contribution is 2.41. The number of nitrogens with zero attached hydrogens (tertiary/aromatic N) is 1. The van der Waals surface area contributed by atoms with Gasteiger partial charge in [-0.2, -0.15) is 0 Å². The van der Waals surface area contributed by atoms with Gasteiger partial charge in [0.15, 0.2) is 0 Å².